The molecule has 1 aromatic heterocycles. The standard InChI is InChI=1S/C21H23N3O3S/c1-3-5-19(25)24-21-23-17-10-8-14(12-18(17)28-21)9-11-20(26)22-15-6-4-7-16(13-15)27-2/h4,6-8,10,12-13H,3,5,9,11H2,1-2H3,(H,22,26)(H,23,24,25). The molecule has 0 spiro atoms. The zero-order chi connectivity index (χ0) is 19.9. The van der Waals surface area contributed by atoms with Gasteiger partial charge < -0.3 is 15.4 Å². The van der Waals surface area contributed by atoms with Crippen molar-refractivity contribution < 1.29 is 14.3 Å². The highest BCUT2D eigenvalue weighted by Gasteiger charge is 2.09. The van der Waals surface area contributed by atoms with Gasteiger partial charge in [0.05, 0.1) is 17.3 Å². The van der Waals surface area contributed by atoms with E-state index < -0.39 is 0 Å². The van der Waals surface area contributed by atoms with Crippen molar-refractivity contribution in [1.29, 1.82) is 0 Å². The number of amides is 2. The maximum absolute atomic E-state index is 12.2. The third-order valence-electron chi connectivity index (χ3n) is 4.17. The van der Waals surface area contributed by atoms with E-state index in [1.54, 1.807) is 13.2 Å². The lowest BCUT2D eigenvalue weighted by Gasteiger charge is -2.07. The van der Waals surface area contributed by atoms with Gasteiger partial charge in [0.2, 0.25) is 11.8 Å². The normalized spacial score (nSPS) is 10.6. The van der Waals surface area contributed by atoms with Gasteiger partial charge in [0, 0.05) is 24.6 Å². The minimum absolute atomic E-state index is 0.0176. The lowest BCUT2D eigenvalue weighted by Crippen LogP contribution is -2.12. The molecule has 1 heterocycles. The minimum Gasteiger partial charge on any atom is -0.497 e. The number of carbonyl (C=O) groups excluding carboxylic acids is 2. The summed E-state index contributed by atoms with van der Waals surface area (Å²) in [5.74, 6) is 0.636. The second kappa shape index (κ2) is 9.32. The van der Waals surface area contributed by atoms with Gasteiger partial charge in [-0.05, 0) is 42.7 Å². The molecule has 6 nitrogen and oxygen atoms in total. The molecule has 0 aliphatic heterocycles. The van der Waals surface area contributed by atoms with E-state index >= 15 is 0 Å². The molecule has 0 aliphatic rings. The number of aromatic nitrogens is 1. The lowest BCUT2D eigenvalue weighted by atomic mass is 10.1. The zero-order valence-corrected chi connectivity index (χ0v) is 16.8. The number of thiazole rings is 1. The zero-order valence-electron chi connectivity index (χ0n) is 16.0. The molecule has 2 aromatic carbocycles. The van der Waals surface area contributed by atoms with Crippen molar-refractivity contribution in [1.82, 2.24) is 4.98 Å². The summed E-state index contributed by atoms with van der Waals surface area (Å²) in [7, 11) is 1.59. The van der Waals surface area contributed by atoms with Gasteiger partial charge in [0.25, 0.3) is 0 Å². The number of hydrogen-bond donors (Lipinski definition) is 2. The third-order valence-corrected chi connectivity index (χ3v) is 5.10. The van der Waals surface area contributed by atoms with Gasteiger partial charge >= 0.3 is 0 Å². The Morgan fingerprint density at radius 1 is 1.07 bits per heavy atom. The summed E-state index contributed by atoms with van der Waals surface area (Å²) in [6.07, 6.45) is 2.30. The number of aryl methyl sites for hydroxylation is 1. The third kappa shape index (κ3) is 5.29. The number of ether oxygens (including phenoxy) is 1. The average Bonchev–Trinajstić information content (AvgIpc) is 3.08. The fourth-order valence-corrected chi connectivity index (χ4v) is 3.71. The Morgan fingerprint density at radius 2 is 1.89 bits per heavy atom. The number of nitrogens with one attached hydrogen (secondary N) is 2. The number of nitrogens with zero attached hydrogens (tertiary/aromatic N) is 1. The molecule has 2 amide bonds. The Labute approximate surface area is 167 Å². The fraction of sp³-hybridized carbons (Fsp3) is 0.286. The van der Waals surface area contributed by atoms with Crippen molar-refractivity contribution in [3.63, 3.8) is 0 Å². The molecule has 0 saturated carbocycles. The van der Waals surface area contributed by atoms with Gasteiger partial charge in [0.15, 0.2) is 5.13 Å². The molecule has 2 N–H and O–H groups in total. The van der Waals surface area contributed by atoms with Crippen molar-refractivity contribution in [2.45, 2.75) is 32.6 Å². The molecule has 0 fully saturated rings. The maximum atomic E-state index is 12.2. The molecule has 3 aromatic rings. The Balaban J connectivity index is 1.59. The number of benzene rings is 2. The summed E-state index contributed by atoms with van der Waals surface area (Å²) >= 11 is 1.45. The summed E-state index contributed by atoms with van der Waals surface area (Å²) < 4.78 is 6.16. The van der Waals surface area contributed by atoms with Crippen LogP contribution in [0.2, 0.25) is 0 Å². The van der Waals surface area contributed by atoms with Crippen LogP contribution in [0.15, 0.2) is 42.5 Å². The van der Waals surface area contributed by atoms with Gasteiger partial charge in [-0.3, -0.25) is 9.59 Å². The molecule has 7 heteroatoms. The van der Waals surface area contributed by atoms with Crippen molar-refractivity contribution in [2.75, 3.05) is 17.7 Å². The molecule has 0 atom stereocenters. The smallest absolute Gasteiger partial charge is 0.226 e. The number of methoxy groups -OCH3 is 1. The second-order valence-electron chi connectivity index (χ2n) is 6.40. The number of anilines is 2. The highest BCUT2D eigenvalue weighted by Crippen LogP contribution is 2.27. The Morgan fingerprint density at radius 3 is 2.68 bits per heavy atom. The van der Waals surface area contributed by atoms with Crippen LogP contribution in [0.5, 0.6) is 5.75 Å². The van der Waals surface area contributed by atoms with E-state index in [4.69, 9.17) is 4.74 Å². The Bertz CT molecular complexity index is 984. The summed E-state index contributed by atoms with van der Waals surface area (Å²) in [6.45, 7) is 1.97. The van der Waals surface area contributed by atoms with Crippen LogP contribution in [0.1, 0.15) is 31.7 Å². The highest BCUT2D eigenvalue weighted by molar-refractivity contribution is 7.22. The van der Waals surface area contributed by atoms with Crippen LogP contribution in [0, 0.1) is 0 Å². The van der Waals surface area contributed by atoms with E-state index in [1.165, 1.54) is 11.3 Å². The molecule has 0 bridgehead atoms. The first-order valence-electron chi connectivity index (χ1n) is 9.20. The van der Waals surface area contributed by atoms with Gasteiger partial charge in [-0.25, -0.2) is 4.98 Å². The van der Waals surface area contributed by atoms with Crippen LogP contribution >= 0.6 is 11.3 Å². The van der Waals surface area contributed by atoms with E-state index in [0.717, 1.165) is 27.9 Å². The predicted molar refractivity (Wildman–Crippen MR) is 113 cm³/mol. The van der Waals surface area contributed by atoms with Crippen molar-refractivity contribution in [2.24, 2.45) is 0 Å². The molecular weight excluding hydrogens is 374 g/mol. The largest absolute Gasteiger partial charge is 0.497 e. The van der Waals surface area contributed by atoms with Crippen LogP contribution in [0.3, 0.4) is 0 Å². The monoisotopic (exact) mass is 397 g/mol. The quantitative estimate of drug-likeness (QED) is 0.581. The molecule has 0 unspecified atom stereocenters. The number of rotatable bonds is 8. The molecular formula is C21H23N3O3S. The molecule has 146 valence electrons. The molecule has 3 rings (SSSR count). The summed E-state index contributed by atoms with van der Waals surface area (Å²) in [5.41, 5.74) is 2.62. The predicted octanol–water partition coefficient (Wildman–Crippen LogP) is 4.61. The summed E-state index contributed by atoms with van der Waals surface area (Å²) in [6, 6.07) is 13.2. The van der Waals surface area contributed by atoms with Gasteiger partial charge in [-0.1, -0.05) is 30.4 Å². The van der Waals surface area contributed by atoms with E-state index in [9.17, 15) is 9.59 Å². The van der Waals surface area contributed by atoms with Gasteiger partial charge in [-0.15, -0.1) is 0 Å². The lowest BCUT2D eigenvalue weighted by molar-refractivity contribution is -0.117. The SMILES string of the molecule is CCCC(=O)Nc1nc2ccc(CCC(=O)Nc3cccc(OC)c3)cc2s1. The molecule has 0 saturated heterocycles. The van der Waals surface area contributed by atoms with Crippen molar-refractivity contribution >= 4 is 44.2 Å². The van der Waals surface area contributed by atoms with E-state index in [-0.39, 0.29) is 11.8 Å². The Kier molecular flexibility index (Phi) is 6.60. The fourth-order valence-electron chi connectivity index (χ4n) is 2.77. The van der Waals surface area contributed by atoms with Crippen LogP contribution in [-0.2, 0) is 16.0 Å². The first-order chi connectivity index (χ1) is 13.6. The van der Waals surface area contributed by atoms with Gasteiger partial charge in [-0.2, -0.15) is 0 Å². The van der Waals surface area contributed by atoms with E-state index in [1.807, 2.05) is 43.3 Å². The average molecular weight is 398 g/mol. The molecule has 0 radical (unpaired) electrons. The molecule has 0 aliphatic carbocycles. The Hall–Kier alpha value is -2.93. The van der Waals surface area contributed by atoms with E-state index in [0.29, 0.717) is 30.1 Å². The van der Waals surface area contributed by atoms with Crippen molar-refractivity contribution in [3.05, 3.63) is 48.0 Å². The number of hydrogen-bond acceptors (Lipinski definition) is 5. The van der Waals surface area contributed by atoms with Crippen LogP contribution in [0.4, 0.5) is 10.8 Å². The van der Waals surface area contributed by atoms with E-state index in [2.05, 4.69) is 15.6 Å². The van der Waals surface area contributed by atoms with Crippen molar-refractivity contribution in [3.8, 4) is 5.75 Å². The molecule has 28 heavy (non-hydrogen) atoms. The first kappa shape index (κ1) is 19.8. The van der Waals surface area contributed by atoms with Crippen LogP contribution < -0.4 is 15.4 Å². The number of fused-ring (bicyclic) bond motifs is 1. The number of carbonyl (C=O) groups is 2. The second-order valence-corrected chi connectivity index (χ2v) is 7.43. The first-order valence-corrected chi connectivity index (χ1v) is 10.0. The minimum atomic E-state index is -0.0508. The summed E-state index contributed by atoms with van der Waals surface area (Å²) in [4.78, 5) is 28.4. The maximum Gasteiger partial charge on any atom is 0.226 e. The topological polar surface area (TPSA) is 80.3 Å². The highest BCUT2D eigenvalue weighted by atomic mass is 32.1. The van der Waals surface area contributed by atoms with Crippen LogP contribution in [0.25, 0.3) is 10.2 Å². The van der Waals surface area contributed by atoms with Gasteiger partial charge in [0.1, 0.15) is 5.75 Å². The van der Waals surface area contributed by atoms with Crippen LogP contribution in [-0.4, -0.2) is 23.9 Å². The summed E-state index contributed by atoms with van der Waals surface area (Å²) in [5, 5.41) is 6.33.